The molecule has 2 amide bonds. The fourth-order valence-electron chi connectivity index (χ4n) is 2.12. The summed E-state index contributed by atoms with van der Waals surface area (Å²) in [5.74, 6) is -1.22. The van der Waals surface area contributed by atoms with E-state index >= 15 is 0 Å². The number of hydrogen-bond donors (Lipinski definition) is 2. The molecule has 6 nitrogen and oxygen atoms in total. The Hall–Kier alpha value is -2.80. The second kappa shape index (κ2) is 9.05. The molecule has 0 fully saturated rings. The van der Waals surface area contributed by atoms with Gasteiger partial charge in [0.05, 0.1) is 13.5 Å². The molecule has 0 aromatic heterocycles. The molecule has 0 spiro atoms. The number of rotatable bonds is 6. The Morgan fingerprint density at radius 1 is 1.15 bits per heavy atom. The number of benzene rings is 2. The van der Waals surface area contributed by atoms with E-state index in [0.717, 1.165) is 0 Å². The Morgan fingerprint density at radius 3 is 2.58 bits per heavy atom. The Morgan fingerprint density at radius 2 is 1.88 bits per heavy atom. The highest BCUT2D eigenvalue weighted by Crippen LogP contribution is 2.23. The van der Waals surface area contributed by atoms with Crippen LogP contribution in [0.25, 0.3) is 0 Å². The molecule has 0 saturated carbocycles. The van der Waals surface area contributed by atoms with Crippen LogP contribution in [0.2, 0.25) is 5.02 Å². The first-order chi connectivity index (χ1) is 12.4. The number of nitrogens with one attached hydrogen (secondary N) is 2. The highest BCUT2D eigenvalue weighted by molar-refractivity contribution is 6.30. The smallest absolute Gasteiger partial charge is 0.279 e. The highest BCUT2D eigenvalue weighted by Gasteiger charge is 2.17. The maximum absolute atomic E-state index is 13.5. The summed E-state index contributed by atoms with van der Waals surface area (Å²) < 4.78 is 23.9. The first kappa shape index (κ1) is 19.5. The number of methoxy groups -OCH3 is 1. The molecule has 0 aliphatic rings. The van der Waals surface area contributed by atoms with Crippen molar-refractivity contribution in [2.45, 2.75) is 19.4 Å². The standard InChI is InChI=1S/C18H18ClFN2O4/c1-11(26-16-6-4-3-5-14(16)20)18(24)22-21-17(23)10-12-9-13(19)7-8-15(12)25-2/h3-9,11H,10H2,1-2H3,(H,21,23)(H,22,24)/t11-/m0/s1. The molecule has 138 valence electrons. The van der Waals surface area contributed by atoms with E-state index in [1.807, 2.05) is 0 Å². The summed E-state index contributed by atoms with van der Waals surface area (Å²) in [5.41, 5.74) is 5.08. The summed E-state index contributed by atoms with van der Waals surface area (Å²) in [6, 6.07) is 10.6. The Kier molecular flexibility index (Phi) is 6.80. The van der Waals surface area contributed by atoms with Gasteiger partial charge in [-0.2, -0.15) is 0 Å². The SMILES string of the molecule is COc1ccc(Cl)cc1CC(=O)NNC(=O)[C@H](C)Oc1ccccc1F. The van der Waals surface area contributed by atoms with Gasteiger partial charge in [0.2, 0.25) is 5.91 Å². The van der Waals surface area contributed by atoms with Gasteiger partial charge in [0, 0.05) is 10.6 Å². The molecule has 26 heavy (non-hydrogen) atoms. The van der Waals surface area contributed by atoms with E-state index in [-0.39, 0.29) is 12.2 Å². The van der Waals surface area contributed by atoms with Crippen LogP contribution in [0.4, 0.5) is 4.39 Å². The van der Waals surface area contributed by atoms with E-state index in [1.54, 1.807) is 24.3 Å². The average Bonchev–Trinajstić information content (AvgIpc) is 2.61. The van der Waals surface area contributed by atoms with Gasteiger partial charge in [0.15, 0.2) is 17.7 Å². The Labute approximate surface area is 155 Å². The summed E-state index contributed by atoms with van der Waals surface area (Å²) in [5, 5.41) is 0.463. The molecular weight excluding hydrogens is 363 g/mol. The quantitative estimate of drug-likeness (QED) is 0.755. The highest BCUT2D eigenvalue weighted by atomic mass is 35.5. The van der Waals surface area contributed by atoms with Crippen LogP contribution >= 0.6 is 11.6 Å². The molecule has 0 aliphatic heterocycles. The summed E-state index contributed by atoms with van der Waals surface area (Å²) >= 11 is 5.91. The lowest BCUT2D eigenvalue weighted by molar-refractivity contribution is -0.132. The third-order valence-electron chi connectivity index (χ3n) is 3.43. The molecule has 0 heterocycles. The molecule has 0 unspecified atom stereocenters. The summed E-state index contributed by atoms with van der Waals surface area (Å²) in [6.07, 6.45) is -1.06. The number of carbonyl (C=O) groups is 2. The van der Waals surface area contributed by atoms with Crippen molar-refractivity contribution in [1.82, 2.24) is 10.9 Å². The molecule has 2 aromatic rings. The van der Waals surface area contributed by atoms with Gasteiger partial charge < -0.3 is 9.47 Å². The molecule has 2 rings (SSSR count). The minimum Gasteiger partial charge on any atom is -0.496 e. The van der Waals surface area contributed by atoms with E-state index in [9.17, 15) is 14.0 Å². The van der Waals surface area contributed by atoms with E-state index < -0.39 is 23.7 Å². The molecule has 8 heteroatoms. The van der Waals surface area contributed by atoms with E-state index in [4.69, 9.17) is 21.1 Å². The van der Waals surface area contributed by atoms with Crippen molar-refractivity contribution in [1.29, 1.82) is 0 Å². The molecule has 1 atom stereocenters. The van der Waals surface area contributed by atoms with Crippen molar-refractivity contribution in [3.8, 4) is 11.5 Å². The molecule has 0 bridgehead atoms. The summed E-state index contributed by atoms with van der Waals surface area (Å²) in [4.78, 5) is 24.0. The molecule has 2 aromatic carbocycles. The van der Waals surface area contributed by atoms with Crippen molar-refractivity contribution in [2.75, 3.05) is 7.11 Å². The van der Waals surface area contributed by atoms with Gasteiger partial charge in [-0.25, -0.2) is 4.39 Å². The molecule has 0 saturated heterocycles. The Balaban J connectivity index is 1.88. The predicted octanol–water partition coefficient (Wildman–Crippen LogP) is 2.65. The number of para-hydroxylation sites is 1. The molecular formula is C18H18ClFN2O4. The normalized spacial score (nSPS) is 11.4. The zero-order valence-corrected chi connectivity index (χ0v) is 15.0. The number of amides is 2. The zero-order chi connectivity index (χ0) is 19.1. The van der Waals surface area contributed by atoms with Crippen molar-refractivity contribution < 1.29 is 23.5 Å². The van der Waals surface area contributed by atoms with Gasteiger partial charge in [-0.15, -0.1) is 0 Å². The van der Waals surface area contributed by atoms with Crippen LogP contribution in [-0.2, 0) is 16.0 Å². The molecule has 0 aliphatic carbocycles. The van der Waals surface area contributed by atoms with Crippen molar-refractivity contribution >= 4 is 23.4 Å². The number of halogens is 2. The zero-order valence-electron chi connectivity index (χ0n) is 14.2. The van der Waals surface area contributed by atoms with Crippen LogP contribution in [-0.4, -0.2) is 25.0 Å². The van der Waals surface area contributed by atoms with Gasteiger partial charge in [-0.3, -0.25) is 20.4 Å². The predicted molar refractivity (Wildman–Crippen MR) is 94.5 cm³/mol. The first-order valence-corrected chi connectivity index (χ1v) is 8.10. The van der Waals surface area contributed by atoms with Gasteiger partial charge in [0.1, 0.15) is 5.75 Å². The fraction of sp³-hybridized carbons (Fsp3) is 0.222. The third kappa shape index (κ3) is 5.35. The minimum absolute atomic E-state index is 0.0490. The van der Waals surface area contributed by atoms with E-state index in [0.29, 0.717) is 16.3 Å². The van der Waals surface area contributed by atoms with E-state index in [2.05, 4.69) is 10.9 Å². The third-order valence-corrected chi connectivity index (χ3v) is 3.66. The van der Waals surface area contributed by atoms with E-state index in [1.165, 1.54) is 32.2 Å². The lowest BCUT2D eigenvalue weighted by atomic mass is 10.1. The van der Waals surface area contributed by atoms with Crippen molar-refractivity contribution in [2.24, 2.45) is 0 Å². The number of carbonyl (C=O) groups excluding carboxylic acids is 2. The molecule has 0 radical (unpaired) electrons. The number of ether oxygens (including phenoxy) is 2. The van der Waals surface area contributed by atoms with Gasteiger partial charge in [0.25, 0.3) is 5.91 Å². The van der Waals surface area contributed by atoms with Crippen LogP contribution in [0.3, 0.4) is 0 Å². The minimum atomic E-state index is -1.01. The van der Waals surface area contributed by atoms with Crippen molar-refractivity contribution in [3.05, 3.63) is 58.9 Å². The first-order valence-electron chi connectivity index (χ1n) is 7.73. The van der Waals surface area contributed by atoms with Crippen LogP contribution in [0.1, 0.15) is 12.5 Å². The maximum atomic E-state index is 13.5. The van der Waals surface area contributed by atoms with Gasteiger partial charge >= 0.3 is 0 Å². The lowest BCUT2D eigenvalue weighted by Gasteiger charge is -2.15. The van der Waals surface area contributed by atoms with Crippen molar-refractivity contribution in [3.63, 3.8) is 0 Å². The van der Waals surface area contributed by atoms with Gasteiger partial charge in [-0.05, 0) is 37.3 Å². The van der Waals surface area contributed by atoms with Gasteiger partial charge in [-0.1, -0.05) is 23.7 Å². The Bertz CT molecular complexity index is 801. The second-order valence-corrected chi connectivity index (χ2v) is 5.80. The fourth-order valence-corrected chi connectivity index (χ4v) is 2.31. The van der Waals surface area contributed by atoms with Crippen LogP contribution in [0.15, 0.2) is 42.5 Å². The van der Waals surface area contributed by atoms with Crippen LogP contribution in [0.5, 0.6) is 11.5 Å². The topological polar surface area (TPSA) is 76.7 Å². The van der Waals surface area contributed by atoms with Crippen LogP contribution < -0.4 is 20.3 Å². The monoisotopic (exact) mass is 380 g/mol. The largest absolute Gasteiger partial charge is 0.496 e. The summed E-state index contributed by atoms with van der Waals surface area (Å²) in [7, 11) is 1.48. The molecule has 2 N–H and O–H groups in total. The van der Waals surface area contributed by atoms with Crippen LogP contribution in [0, 0.1) is 5.82 Å². The number of hydrazine groups is 1. The summed E-state index contributed by atoms with van der Waals surface area (Å²) in [6.45, 7) is 1.44. The lowest BCUT2D eigenvalue weighted by Crippen LogP contribution is -2.47. The number of hydrogen-bond acceptors (Lipinski definition) is 4. The second-order valence-electron chi connectivity index (χ2n) is 5.36. The maximum Gasteiger partial charge on any atom is 0.279 e. The average molecular weight is 381 g/mol.